The van der Waals surface area contributed by atoms with E-state index in [4.69, 9.17) is 9.73 Å². The van der Waals surface area contributed by atoms with Gasteiger partial charge in [0.1, 0.15) is 5.75 Å². The number of thiazole rings is 1. The number of para-hydroxylation sites is 1. The van der Waals surface area contributed by atoms with Gasteiger partial charge in [0.05, 0.1) is 24.4 Å². The molecule has 2 aromatic rings. The Kier molecular flexibility index (Phi) is 11.9. The van der Waals surface area contributed by atoms with Crippen LogP contribution in [-0.4, -0.2) is 48.8 Å². The van der Waals surface area contributed by atoms with Gasteiger partial charge >= 0.3 is 0 Å². The van der Waals surface area contributed by atoms with Crippen molar-refractivity contribution >= 4 is 53.0 Å². The molecule has 0 fully saturated rings. The average molecular weight is 535 g/mol. The van der Waals surface area contributed by atoms with Crippen LogP contribution in [0, 0.1) is 12.8 Å². The molecule has 2 rings (SSSR count). The van der Waals surface area contributed by atoms with Crippen LogP contribution in [0.1, 0.15) is 24.5 Å². The first-order chi connectivity index (χ1) is 13.0. The van der Waals surface area contributed by atoms with Gasteiger partial charge < -0.3 is 15.0 Å². The highest BCUT2D eigenvalue weighted by Gasteiger charge is 2.11. The number of thioether (sulfide) groups is 1. The Hall–Kier alpha value is -1.00. The molecule has 0 aliphatic carbocycles. The zero-order valence-electron chi connectivity index (χ0n) is 17.3. The van der Waals surface area contributed by atoms with E-state index in [-0.39, 0.29) is 24.0 Å². The largest absolute Gasteiger partial charge is 0.496 e. The summed E-state index contributed by atoms with van der Waals surface area (Å²) in [5.41, 5.74) is 1.09. The molecule has 0 aliphatic heterocycles. The molecule has 0 spiro atoms. The third kappa shape index (κ3) is 8.16. The molecule has 8 heteroatoms. The molecule has 28 heavy (non-hydrogen) atoms. The van der Waals surface area contributed by atoms with Crippen molar-refractivity contribution in [1.82, 2.24) is 15.2 Å². The molecule has 0 saturated carbocycles. The Bertz CT molecular complexity index is 739. The molecule has 1 aromatic carbocycles. The monoisotopic (exact) mass is 534 g/mol. The lowest BCUT2D eigenvalue weighted by molar-refractivity contribution is 0.405. The Morgan fingerprint density at radius 3 is 2.79 bits per heavy atom. The smallest absolute Gasteiger partial charge is 0.194 e. The van der Waals surface area contributed by atoms with Gasteiger partial charge in [-0.3, -0.25) is 4.99 Å². The third-order valence-electron chi connectivity index (χ3n) is 3.91. The summed E-state index contributed by atoms with van der Waals surface area (Å²) in [4.78, 5) is 12.7. The number of guanidine groups is 1. The van der Waals surface area contributed by atoms with Gasteiger partial charge in [0, 0.05) is 36.2 Å². The summed E-state index contributed by atoms with van der Waals surface area (Å²) in [5, 5.41) is 6.59. The zero-order chi connectivity index (χ0) is 19.6. The number of halogens is 1. The van der Waals surface area contributed by atoms with Crippen LogP contribution < -0.4 is 10.1 Å². The van der Waals surface area contributed by atoms with Gasteiger partial charge in [-0.25, -0.2) is 4.98 Å². The Balaban J connectivity index is 0.00000392. The van der Waals surface area contributed by atoms with Crippen LogP contribution >= 0.6 is 47.1 Å². The number of nitrogens with zero attached hydrogens (tertiary/aromatic N) is 3. The molecule has 1 N–H and O–H groups in total. The summed E-state index contributed by atoms with van der Waals surface area (Å²) in [5.74, 6) is 3.32. The van der Waals surface area contributed by atoms with Crippen LogP contribution in [0.5, 0.6) is 5.75 Å². The molecule has 1 unspecified atom stereocenters. The number of aliphatic imine (C=N–C) groups is 1. The van der Waals surface area contributed by atoms with Crippen molar-refractivity contribution < 1.29 is 4.74 Å². The molecule has 1 heterocycles. The number of methoxy groups -OCH3 is 1. The zero-order valence-corrected chi connectivity index (χ0v) is 21.2. The minimum Gasteiger partial charge on any atom is -0.496 e. The number of aryl methyl sites for hydroxylation is 1. The molecule has 0 aliphatic rings. The predicted octanol–water partition coefficient (Wildman–Crippen LogP) is 4.90. The summed E-state index contributed by atoms with van der Waals surface area (Å²) in [6.07, 6.45) is 0. The van der Waals surface area contributed by atoms with Crippen LogP contribution in [0.15, 0.2) is 39.5 Å². The SMILES string of the molecule is CCNC(=NCC(C)CSc1ccccc1OC)N(C)Cc1csc(C)n1.I. The first kappa shape index (κ1) is 25.0. The molecule has 5 nitrogen and oxygen atoms in total. The highest BCUT2D eigenvalue weighted by molar-refractivity contribution is 14.0. The van der Waals surface area contributed by atoms with Gasteiger partial charge in [-0.05, 0) is 31.9 Å². The number of hydrogen-bond donors (Lipinski definition) is 1. The highest BCUT2D eigenvalue weighted by atomic mass is 127. The number of hydrogen-bond acceptors (Lipinski definition) is 5. The van der Waals surface area contributed by atoms with Crippen LogP contribution in [0.2, 0.25) is 0 Å². The summed E-state index contributed by atoms with van der Waals surface area (Å²) in [6, 6.07) is 8.15. The molecule has 0 saturated heterocycles. The van der Waals surface area contributed by atoms with Gasteiger partial charge in [0.15, 0.2) is 5.96 Å². The second-order valence-corrected chi connectivity index (χ2v) is 8.60. The van der Waals surface area contributed by atoms with Crippen molar-refractivity contribution in [2.75, 3.05) is 33.0 Å². The number of benzene rings is 1. The number of ether oxygens (including phenoxy) is 1. The maximum Gasteiger partial charge on any atom is 0.194 e. The Morgan fingerprint density at radius 1 is 1.39 bits per heavy atom. The molecule has 0 bridgehead atoms. The van der Waals surface area contributed by atoms with Crippen molar-refractivity contribution in [2.45, 2.75) is 32.2 Å². The fourth-order valence-corrected chi connectivity index (χ4v) is 4.18. The van der Waals surface area contributed by atoms with Gasteiger partial charge in [-0.15, -0.1) is 47.1 Å². The van der Waals surface area contributed by atoms with E-state index in [2.05, 4.69) is 47.5 Å². The van der Waals surface area contributed by atoms with Crippen molar-refractivity contribution in [3.05, 3.63) is 40.3 Å². The molecular formula is C20H31IN4OS2. The second-order valence-electron chi connectivity index (χ2n) is 6.48. The molecular weight excluding hydrogens is 503 g/mol. The third-order valence-corrected chi connectivity index (χ3v) is 6.11. The topological polar surface area (TPSA) is 49.8 Å². The van der Waals surface area contributed by atoms with Crippen LogP contribution in [0.3, 0.4) is 0 Å². The highest BCUT2D eigenvalue weighted by Crippen LogP contribution is 2.30. The van der Waals surface area contributed by atoms with Crippen LogP contribution in [0.4, 0.5) is 0 Å². The van der Waals surface area contributed by atoms with Crippen LogP contribution in [-0.2, 0) is 6.54 Å². The van der Waals surface area contributed by atoms with Gasteiger partial charge in [0.25, 0.3) is 0 Å². The van der Waals surface area contributed by atoms with E-state index in [9.17, 15) is 0 Å². The Morgan fingerprint density at radius 2 is 2.14 bits per heavy atom. The van der Waals surface area contributed by atoms with E-state index in [0.717, 1.165) is 47.8 Å². The quantitative estimate of drug-likeness (QED) is 0.215. The fourth-order valence-electron chi connectivity index (χ4n) is 2.53. The molecule has 0 amide bonds. The minimum atomic E-state index is 0. The van der Waals surface area contributed by atoms with E-state index < -0.39 is 0 Å². The van der Waals surface area contributed by atoms with Crippen LogP contribution in [0.25, 0.3) is 0 Å². The van der Waals surface area contributed by atoms with Gasteiger partial charge in [-0.1, -0.05) is 19.1 Å². The predicted molar refractivity (Wildman–Crippen MR) is 133 cm³/mol. The maximum absolute atomic E-state index is 5.43. The molecule has 0 radical (unpaired) electrons. The van der Waals surface area contributed by atoms with Gasteiger partial charge in [-0.2, -0.15) is 0 Å². The van der Waals surface area contributed by atoms with E-state index in [0.29, 0.717) is 5.92 Å². The summed E-state index contributed by atoms with van der Waals surface area (Å²) < 4.78 is 5.43. The van der Waals surface area contributed by atoms with Crippen molar-refractivity contribution in [3.63, 3.8) is 0 Å². The first-order valence-corrected chi connectivity index (χ1v) is 11.1. The lowest BCUT2D eigenvalue weighted by Gasteiger charge is -2.22. The standard InChI is InChI=1S/C20H30N4OS2.HI/c1-6-21-20(24(4)12-17-14-26-16(3)23-17)22-11-15(2)13-27-19-10-8-7-9-18(19)25-5;/h7-10,14-15H,6,11-13H2,1-5H3,(H,21,22);1H. The minimum absolute atomic E-state index is 0. The second kappa shape index (κ2) is 13.3. The lowest BCUT2D eigenvalue weighted by Crippen LogP contribution is -2.38. The molecule has 1 atom stereocenters. The summed E-state index contributed by atoms with van der Waals surface area (Å²) in [7, 11) is 3.78. The fraction of sp³-hybridized carbons (Fsp3) is 0.500. The maximum atomic E-state index is 5.43. The number of rotatable bonds is 9. The molecule has 1 aromatic heterocycles. The normalized spacial score (nSPS) is 12.2. The lowest BCUT2D eigenvalue weighted by atomic mass is 10.2. The van der Waals surface area contributed by atoms with E-state index in [1.807, 2.05) is 36.9 Å². The van der Waals surface area contributed by atoms with E-state index >= 15 is 0 Å². The first-order valence-electron chi connectivity index (χ1n) is 9.19. The number of nitrogens with one attached hydrogen (secondary N) is 1. The molecule has 156 valence electrons. The van der Waals surface area contributed by atoms with E-state index in [1.54, 1.807) is 18.4 Å². The summed E-state index contributed by atoms with van der Waals surface area (Å²) >= 11 is 3.51. The van der Waals surface area contributed by atoms with Crippen molar-refractivity contribution in [1.29, 1.82) is 0 Å². The van der Waals surface area contributed by atoms with Gasteiger partial charge in [0.2, 0.25) is 0 Å². The number of aromatic nitrogens is 1. The van der Waals surface area contributed by atoms with E-state index in [1.165, 1.54) is 4.90 Å². The average Bonchev–Trinajstić information content (AvgIpc) is 3.08. The summed E-state index contributed by atoms with van der Waals surface area (Å²) in [6.45, 7) is 8.76. The van der Waals surface area contributed by atoms with Crippen molar-refractivity contribution in [2.24, 2.45) is 10.9 Å². The Labute approximate surface area is 194 Å². The van der Waals surface area contributed by atoms with Crippen molar-refractivity contribution in [3.8, 4) is 5.75 Å².